The first-order valence-electron chi connectivity index (χ1n) is 7.38. The van der Waals surface area contributed by atoms with Gasteiger partial charge in [-0.1, -0.05) is 6.42 Å². The Morgan fingerprint density at radius 1 is 1.39 bits per heavy atom. The third-order valence-electron chi connectivity index (χ3n) is 5.10. The second kappa shape index (κ2) is 5.17. The molecule has 0 radical (unpaired) electrons. The van der Waals surface area contributed by atoms with Crippen molar-refractivity contribution in [2.24, 2.45) is 17.8 Å². The maximum absolute atomic E-state index is 12.2. The van der Waals surface area contributed by atoms with Gasteiger partial charge in [-0.05, 0) is 44.6 Å². The lowest BCUT2D eigenvalue weighted by Crippen LogP contribution is -2.45. The lowest BCUT2D eigenvalue weighted by atomic mass is 9.93. The second-order valence-electron chi connectivity index (χ2n) is 6.11. The van der Waals surface area contributed by atoms with E-state index in [1.54, 1.807) is 0 Å². The predicted octanol–water partition coefficient (Wildman–Crippen LogP) is 0.916. The maximum Gasteiger partial charge on any atom is 0.237 e. The maximum atomic E-state index is 12.2. The lowest BCUT2D eigenvalue weighted by Gasteiger charge is -2.20. The summed E-state index contributed by atoms with van der Waals surface area (Å²) in [5, 5.41) is 6.53. The number of nitrogens with one attached hydrogen (secondary N) is 2. The van der Waals surface area contributed by atoms with Gasteiger partial charge in [-0.3, -0.25) is 4.79 Å². The molecule has 3 aliphatic rings. The van der Waals surface area contributed by atoms with Crippen molar-refractivity contribution < 1.29 is 9.53 Å². The fourth-order valence-corrected chi connectivity index (χ4v) is 3.86. The van der Waals surface area contributed by atoms with E-state index in [-0.39, 0.29) is 11.9 Å². The van der Waals surface area contributed by atoms with Crippen LogP contribution in [-0.2, 0) is 9.53 Å². The van der Waals surface area contributed by atoms with Crippen molar-refractivity contribution in [1.29, 1.82) is 0 Å². The van der Waals surface area contributed by atoms with E-state index in [0.717, 1.165) is 32.0 Å². The molecule has 1 saturated carbocycles. The number of hydrogen-bond acceptors (Lipinski definition) is 3. The summed E-state index contributed by atoms with van der Waals surface area (Å²) in [4.78, 5) is 12.2. The summed E-state index contributed by atoms with van der Waals surface area (Å²) in [7, 11) is 0. The van der Waals surface area contributed by atoms with E-state index in [1.165, 1.54) is 19.3 Å². The van der Waals surface area contributed by atoms with Gasteiger partial charge in [0, 0.05) is 19.1 Å². The normalized spacial score (nSPS) is 43.1. The number of carbonyl (C=O) groups excluding carboxylic acids is 1. The van der Waals surface area contributed by atoms with E-state index in [2.05, 4.69) is 17.6 Å². The molecule has 102 valence electrons. The SMILES string of the molecule is CC1OCCC1CNC(=O)C1NCC2CCCC21. The minimum atomic E-state index is 0.0649. The van der Waals surface area contributed by atoms with Crippen LogP contribution in [0, 0.1) is 17.8 Å². The zero-order valence-corrected chi connectivity index (χ0v) is 11.2. The smallest absolute Gasteiger partial charge is 0.237 e. The summed E-state index contributed by atoms with van der Waals surface area (Å²) < 4.78 is 5.53. The molecule has 3 rings (SSSR count). The number of hydrogen-bond donors (Lipinski definition) is 2. The molecule has 0 bridgehead atoms. The van der Waals surface area contributed by atoms with Crippen molar-refractivity contribution in [2.75, 3.05) is 19.7 Å². The van der Waals surface area contributed by atoms with E-state index in [1.807, 2.05) is 0 Å². The number of ether oxygens (including phenoxy) is 1. The van der Waals surface area contributed by atoms with Gasteiger partial charge >= 0.3 is 0 Å². The first-order valence-corrected chi connectivity index (χ1v) is 7.38. The van der Waals surface area contributed by atoms with Crippen LogP contribution in [0.25, 0.3) is 0 Å². The second-order valence-corrected chi connectivity index (χ2v) is 6.11. The molecule has 2 N–H and O–H groups in total. The average molecular weight is 252 g/mol. The molecule has 1 amide bonds. The monoisotopic (exact) mass is 252 g/mol. The van der Waals surface area contributed by atoms with Crippen LogP contribution in [-0.4, -0.2) is 37.7 Å². The third kappa shape index (κ3) is 2.28. The summed E-state index contributed by atoms with van der Waals surface area (Å²) in [5.41, 5.74) is 0. The molecule has 3 fully saturated rings. The topological polar surface area (TPSA) is 50.4 Å². The number of carbonyl (C=O) groups is 1. The van der Waals surface area contributed by atoms with E-state index >= 15 is 0 Å². The Kier molecular flexibility index (Phi) is 3.57. The Balaban J connectivity index is 1.49. The standard InChI is InChI=1S/C14H24N2O2/c1-9-10(5-6-18-9)7-16-14(17)13-12-4-2-3-11(12)8-15-13/h9-13,15H,2-8H2,1H3,(H,16,17). The number of amides is 1. The molecule has 2 aliphatic heterocycles. The molecule has 5 unspecified atom stereocenters. The van der Waals surface area contributed by atoms with E-state index < -0.39 is 0 Å². The predicted molar refractivity (Wildman–Crippen MR) is 69.2 cm³/mol. The third-order valence-corrected chi connectivity index (χ3v) is 5.10. The van der Waals surface area contributed by atoms with Crippen LogP contribution in [0.15, 0.2) is 0 Å². The first kappa shape index (κ1) is 12.4. The minimum Gasteiger partial charge on any atom is -0.378 e. The number of fused-ring (bicyclic) bond motifs is 1. The molecule has 0 spiro atoms. The molecule has 1 aliphatic carbocycles. The van der Waals surface area contributed by atoms with Crippen LogP contribution < -0.4 is 10.6 Å². The Morgan fingerprint density at radius 3 is 3.06 bits per heavy atom. The molecule has 0 aromatic heterocycles. The summed E-state index contributed by atoms with van der Waals surface area (Å²) >= 11 is 0. The highest BCUT2D eigenvalue weighted by Gasteiger charge is 2.42. The largest absolute Gasteiger partial charge is 0.378 e. The molecule has 2 heterocycles. The molecule has 5 atom stereocenters. The van der Waals surface area contributed by atoms with Gasteiger partial charge in [0.2, 0.25) is 5.91 Å². The van der Waals surface area contributed by atoms with E-state index in [0.29, 0.717) is 17.9 Å². The van der Waals surface area contributed by atoms with Crippen LogP contribution in [0.4, 0.5) is 0 Å². The molecule has 0 aromatic rings. The van der Waals surface area contributed by atoms with Crippen molar-refractivity contribution in [1.82, 2.24) is 10.6 Å². The van der Waals surface area contributed by atoms with Gasteiger partial charge in [-0.15, -0.1) is 0 Å². The molecule has 2 saturated heterocycles. The summed E-state index contributed by atoms with van der Waals surface area (Å²) in [6.07, 6.45) is 5.19. The zero-order valence-electron chi connectivity index (χ0n) is 11.2. The number of rotatable bonds is 3. The highest BCUT2D eigenvalue weighted by molar-refractivity contribution is 5.82. The first-order chi connectivity index (χ1) is 8.75. The fraction of sp³-hybridized carbons (Fsp3) is 0.929. The Bertz CT molecular complexity index is 321. The lowest BCUT2D eigenvalue weighted by molar-refractivity contribution is -0.124. The van der Waals surface area contributed by atoms with Crippen molar-refractivity contribution in [3.63, 3.8) is 0 Å². The van der Waals surface area contributed by atoms with Crippen LogP contribution >= 0.6 is 0 Å². The Hall–Kier alpha value is -0.610. The molecular weight excluding hydrogens is 228 g/mol. The van der Waals surface area contributed by atoms with Crippen molar-refractivity contribution in [2.45, 2.75) is 44.8 Å². The molecule has 4 nitrogen and oxygen atoms in total. The highest BCUT2D eigenvalue weighted by Crippen LogP contribution is 2.37. The minimum absolute atomic E-state index is 0.0649. The summed E-state index contributed by atoms with van der Waals surface area (Å²) in [5.74, 6) is 2.04. The highest BCUT2D eigenvalue weighted by atomic mass is 16.5. The average Bonchev–Trinajstić information content (AvgIpc) is 3.01. The van der Waals surface area contributed by atoms with Gasteiger partial charge in [0.25, 0.3) is 0 Å². The van der Waals surface area contributed by atoms with Crippen LogP contribution in [0.5, 0.6) is 0 Å². The van der Waals surface area contributed by atoms with Gasteiger partial charge < -0.3 is 15.4 Å². The molecule has 0 aromatic carbocycles. The fourth-order valence-electron chi connectivity index (χ4n) is 3.86. The van der Waals surface area contributed by atoms with Crippen molar-refractivity contribution >= 4 is 5.91 Å². The van der Waals surface area contributed by atoms with E-state index in [4.69, 9.17) is 4.74 Å². The van der Waals surface area contributed by atoms with Gasteiger partial charge in [-0.2, -0.15) is 0 Å². The Labute approximate surface area is 109 Å². The zero-order chi connectivity index (χ0) is 12.5. The van der Waals surface area contributed by atoms with Crippen LogP contribution in [0.2, 0.25) is 0 Å². The Morgan fingerprint density at radius 2 is 2.28 bits per heavy atom. The van der Waals surface area contributed by atoms with Crippen molar-refractivity contribution in [3.05, 3.63) is 0 Å². The summed E-state index contributed by atoms with van der Waals surface area (Å²) in [6.45, 7) is 4.75. The van der Waals surface area contributed by atoms with Crippen LogP contribution in [0.3, 0.4) is 0 Å². The molecular formula is C14H24N2O2. The van der Waals surface area contributed by atoms with Gasteiger partial charge in [0.1, 0.15) is 0 Å². The van der Waals surface area contributed by atoms with Gasteiger partial charge in [0.15, 0.2) is 0 Å². The van der Waals surface area contributed by atoms with Crippen molar-refractivity contribution in [3.8, 4) is 0 Å². The van der Waals surface area contributed by atoms with Gasteiger partial charge in [0.05, 0.1) is 12.1 Å². The summed E-state index contributed by atoms with van der Waals surface area (Å²) in [6, 6.07) is 0.0649. The molecule has 18 heavy (non-hydrogen) atoms. The van der Waals surface area contributed by atoms with E-state index in [9.17, 15) is 4.79 Å². The van der Waals surface area contributed by atoms with Gasteiger partial charge in [-0.25, -0.2) is 0 Å². The molecule has 4 heteroatoms. The van der Waals surface area contributed by atoms with Crippen LogP contribution in [0.1, 0.15) is 32.6 Å². The quantitative estimate of drug-likeness (QED) is 0.785.